The van der Waals surface area contributed by atoms with Crippen molar-refractivity contribution >= 4 is 18.1 Å². The summed E-state index contributed by atoms with van der Waals surface area (Å²) in [6, 6.07) is 3.96. The molecule has 0 radical (unpaired) electrons. The first-order valence-electron chi connectivity index (χ1n) is 6.30. The summed E-state index contributed by atoms with van der Waals surface area (Å²) in [5.74, 6) is 0.398. The monoisotopic (exact) mass is 302 g/mol. The van der Waals surface area contributed by atoms with Crippen LogP contribution in [-0.2, 0) is 0 Å². The fraction of sp³-hybridized carbons (Fsp3) is 0.538. The smallest absolute Gasteiger partial charge is 0.311 e. The molecule has 1 aromatic rings. The normalized spacial score (nSPS) is 17.6. The Labute approximate surface area is 123 Å². The molecule has 1 aromatic carbocycles. The van der Waals surface area contributed by atoms with Crippen LogP contribution in [0, 0.1) is 16.0 Å². The van der Waals surface area contributed by atoms with Gasteiger partial charge in [-0.3, -0.25) is 10.1 Å². The van der Waals surface area contributed by atoms with E-state index in [-0.39, 0.29) is 29.8 Å². The molecule has 0 aromatic heterocycles. The molecule has 0 bridgehead atoms. The number of nitro groups is 1. The van der Waals surface area contributed by atoms with E-state index in [0.29, 0.717) is 5.56 Å². The SMILES string of the molecule is COc1ccc([C@H](N)[C@H](O)C2CCC2)cc1[N+](=O)[O-].Cl. The number of aliphatic hydroxyl groups is 1. The summed E-state index contributed by atoms with van der Waals surface area (Å²) in [5.41, 5.74) is 6.43. The number of methoxy groups -OCH3 is 1. The maximum Gasteiger partial charge on any atom is 0.311 e. The lowest BCUT2D eigenvalue weighted by Crippen LogP contribution is -2.36. The molecular weight excluding hydrogens is 284 g/mol. The van der Waals surface area contributed by atoms with E-state index < -0.39 is 17.1 Å². The number of nitrogens with zero attached hydrogens (tertiary/aromatic N) is 1. The van der Waals surface area contributed by atoms with Gasteiger partial charge in [-0.05, 0) is 30.4 Å². The van der Waals surface area contributed by atoms with Crippen LogP contribution in [0.25, 0.3) is 0 Å². The zero-order valence-corrected chi connectivity index (χ0v) is 12.0. The number of nitro benzene ring substituents is 1. The highest BCUT2D eigenvalue weighted by Gasteiger charge is 2.31. The number of hydrogen-bond acceptors (Lipinski definition) is 5. The van der Waals surface area contributed by atoms with Crippen LogP contribution in [0.3, 0.4) is 0 Å². The molecule has 112 valence electrons. The summed E-state index contributed by atoms with van der Waals surface area (Å²) in [5, 5.41) is 21.1. The summed E-state index contributed by atoms with van der Waals surface area (Å²) in [6.07, 6.45) is 2.39. The van der Waals surface area contributed by atoms with Gasteiger partial charge in [0, 0.05) is 6.07 Å². The average molecular weight is 303 g/mol. The fourth-order valence-corrected chi connectivity index (χ4v) is 2.33. The lowest BCUT2D eigenvalue weighted by Gasteiger charge is -2.33. The van der Waals surface area contributed by atoms with Gasteiger partial charge in [0.2, 0.25) is 0 Å². The van der Waals surface area contributed by atoms with Crippen LogP contribution in [0.1, 0.15) is 30.9 Å². The van der Waals surface area contributed by atoms with Crippen LogP contribution < -0.4 is 10.5 Å². The Morgan fingerprint density at radius 3 is 2.60 bits per heavy atom. The largest absolute Gasteiger partial charge is 0.490 e. The van der Waals surface area contributed by atoms with Gasteiger partial charge in [0.1, 0.15) is 0 Å². The number of ether oxygens (including phenoxy) is 1. The van der Waals surface area contributed by atoms with E-state index >= 15 is 0 Å². The standard InChI is InChI=1S/C13H18N2O4.ClH/c1-19-11-6-5-9(7-10(11)15(17)18)12(14)13(16)8-3-2-4-8;/h5-8,12-13,16H,2-4,14H2,1H3;1H/t12-,13+;/m0./s1. The van der Waals surface area contributed by atoms with Gasteiger partial charge in [0.15, 0.2) is 5.75 Å². The molecule has 20 heavy (non-hydrogen) atoms. The first kappa shape index (κ1) is 16.7. The highest BCUT2D eigenvalue weighted by Crippen LogP contribution is 2.36. The van der Waals surface area contributed by atoms with Crippen molar-refractivity contribution in [3.05, 3.63) is 33.9 Å². The number of halogens is 1. The van der Waals surface area contributed by atoms with E-state index in [1.54, 1.807) is 6.07 Å². The Kier molecular flexibility index (Phi) is 5.74. The molecule has 0 aliphatic heterocycles. The van der Waals surface area contributed by atoms with Crippen molar-refractivity contribution in [3.8, 4) is 5.75 Å². The second-order valence-corrected chi connectivity index (χ2v) is 4.90. The highest BCUT2D eigenvalue weighted by molar-refractivity contribution is 5.85. The molecule has 1 fully saturated rings. The first-order chi connectivity index (χ1) is 9.04. The predicted octanol–water partition coefficient (Wildman–Crippen LogP) is 2.19. The molecule has 1 aliphatic rings. The van der Waals surface area contributed by atoms with Crippen molar-refractivity contribution in [2.24, 2.45) is 11.7 Å². The van der Waals surface area contributed by atoms with Crippen molar-refractivity contribution in [3.63, 3.8) is 0 Å². The van der Waals surface area contributed by atoms with Gasteiger partial charge in [0.05, 0.1) is 24.2 Å². The minimum absolute atomic E-state index is 0. The molecule has 1 aliphatic carbocycles. The third-order valence-electron chi connectivity index (χ3n) is 3.79. The zero-order valence-electron chi connectivity index (χ0n) is 11.2. The van der Waals surface area contributed by atoms with Gasteiger partial charge in [0.25, 0.3) is 0 Å². The van der Waals surface area contributed by atoms with Crippen molar-refractivity contribution in [2.45, 2.75) is 31.4 Å². The van der Waals surface area contributed by atoms with Gasteiger partial charge < -0.3 is 15.6 Å². The molecule has 1 saturated carbocycles. The van der Waals surface area contributed by atoms with E-state index in [1.807, 2.05) is 0 Å². The van der Waals surface area contributed by atoms with Crippen LogP contribution in [-0.4, -0.2) is 23.2 Å². The lowest BCUT2D eigenvalue weighted by molar-refractivity contribution is -0.385. The van der Waals surface area contributed by atoms with Crippen molar-refractivity contribution in [1.82, 2.24) is 0 Å². The van der Waals surface area contributed by atoms with E-state index in [1.165, 1.54) is 19.2 Å². The fourth-order valence-electron chi connectivity index (χ4n) is 2.33. The van der Waals surface area contributed by atoms with Crippen LogP contribution in [0.15, 0.2) is 18.2 Å². The molecule has 0 unspecified atom stereocenters. The summed E-state index contributed by atoms with van der Waals surface area (Å²) in [7, 11) is 1.38. The predicted molar refractivity (Wildman–Crippen MR) is 77.2 cm³/mol. The zero-order chi connectivity index (χ0) is 14.0. The number of benzene rings is 1. The number of aliphatic hydroxyl groups excluding tert-OH is 1. The first-order valence-corrected chi connectivity index (χ1v) is 6.30. The van der Waals surface area contributed by atoms with Crippen LogP contribution in [0.4, 0.5) is 5.69 Å². The molecule has 2 atom stereocenters. The summed E-state index contributed by atoms with van der Waals surface area (Å²) in [6.45, 7) is 0. The molecule has 6 nitrogen and oxygen atoms in total. The molecule has 2 rings (SSSR count). The summed E-state index contributed by atoms with van der Waals surface area (Å²) in [4.78, 5) is 10.4. The topological polar surface area (TPSA) is 98.6 Å². The number of nitrogens with two attached hydrogens (primary N) is 1. The van der Waals surface area contributed by atoms with Crippen LogP contribution in [0.2, 0.25) is 0 Å². The maximum atomic E-state index is 10.9. The molecule has 3 N–H and O–H groups in total. The Bertz CT molecular complexity index is 479. The maximum absolute atomic E-state index is 10.9. The Hall–Kier alpha value is -1.37. The van der Waals surface area contributed by atoms with Gasteiger partial charge in [-0.25, -0.2) is 0 Å². The van der Waals surface area contributed by atoms with Gasteiger partial charge >= 0.3 is 5.69 Å². The third-order valence-corrected chi connectivity index (χ3v) is 3.79. The Morgan fingerprint density at radius 1 is 1.50 bits per heavy atom. The summed E-state index contributed by atoms with van der Waals surface area (Å²) >= 11 is 0. The number of hydrogen-bond donors (Lipinski definition) is 2. The molecule has 0 saturated heterocycles. The molecule has 0 amide bonds. The second kappa shape index (κ2) is 6.88. The molecule has 0 spiro atoms. The lowest BCUT2D eigenvalue weighted by atomic mass is 9.77. The van der Waals surface area contributed by atoms with Gasteiger partial charge in [-0.15, -0.1) is 12.4 Å². The van der Waals surface area contributed by atoms with Crippen molar-refractivity contribution in [1.29, 1.82) is 0 Å². The van der Waals surface area contributed by atoms with E-state index in [2.05, 4.69) is 0 Å². The van der Waals surface area contributed by atoms with Gasteiger partial charge in [-0.1, -0.05) is 12.5 Å². The minimum Gasteiger partial charge on any atom is -0.490 e. The van der Waals surface area contributed by atoms with E-state index in [0.717, 1.165) is 19.3 Å². The Balaban J connectivity index is 0.00000200. The van der Waals surface area contributed by atoms with Gasteiger partial charge in [-0.2, -0.15) is 0 Å². The van der Waals surface area contributed by atoms with Crippen molar-refractivity contribution in [2.75, 3.05) is 7.11 Å². The molecule has 0 heterocycles. The minimum atomic E-state index is -0.651. The number of rotatable bonds is 5. The van der Waals surface area contributed by atoms with Crippen LogP contribution >= 0.6 is 12.4 Å². The van der Waals surface area contributed by atoms with E-state index in [4.69, 9.17) is 10.5 Å². The third kappa shape index (κ3) is 3.20. The highest BCUT2D eigenvalue weighted by atomic mass is 35.5. The summed E-state index contributed by atoms with van der Waals surface area (Å²) < 4.78 is 4.94. The van der Waals surface area contributed by atoms with Crippen molar-refractivity contribution < 1.29 is 14.8 Å². The van der Waals surface area contributed by atoms with Crippen LogP contribution in [0.5, 0.6) is 5.75 Å². The quantitative estimate of drug-likeness (QED) is 0.641. The Morgan fingerprint density at radius 2 is 2.15 bits per heavy atom. The second-order valence-electron chi connectivity index (χ2n) is 4.90. The van der Waals surface area contributed by atoms with E-state index in [9.17, 15) is 15.2 Å². The molecular formula is C13H19ClN2O4. The average Bonchev–Trinajstić information content (AvgIpc) is 2.34. The molecule has 7 heteroatoms.